The van der Waals surface area contributed by atoms with Crippen molar-refractivity contribution >= 4 is 12.4 Å². The highest BCUT2D eigenvalue weighted by Crippen LogP contribution is 2.29. The van der Waals surface area contributed by atoms with E-state index in [-0.39, 0.29) is 12.4 Å². The Kier molecular flexibility index (Phi) is 6.15. The van der Waals surface area contributed by atoms with E-state index in [9.17, 15) is 0 Å². The van der Waals surface area contributed by atoms with Gasteiger partial charge in [-0.15, -0.1) is 12.4 Å². The Balaban J connectivity index is 0.00000147. The predicted molar refractivity (Wildman–Crippen MR) is 85.6 cm³/mol. The molecule has 0 spiro atoms. The number of rotatable bonds is 4. The Morgan fingerprint density at radius 1 is 1.10 bits per heavy atom. The van der Waals surface area contributed by atoms with Gasteiger partial charge >= 0.3 is 0 Å². The molecule has 0 aromatic rings. The fourth-order valence-corrected chi connectivity index (χ4v) is 4.04. The second kappa shape index (κ2) is 7.44. The van der Waals surface area contributed by atoms with Crippen molar-refractivity contribution in [3.05, 3.63) is 0 Å². The highest BCUT2D eigenvalue weighted by molar-refractivity contribution is 5.85. The Hall–Kier alpha value is 0.170. The van der Waals surface area contributed by atoms with Gasteiger partial charge in [-0.1, -0.05) is 19.8 Å². The summed E-state index contributed by atoms with van der Waals surface area (Å²) in [6.45, 7) is 8.60. The van der Waals surface area contributed by atoms with Gasteiger partial charge in [-0.3, -0.25) is 0 Å². The summed E-state index contributed by atoms with van der Waals surface area (Å²) in [7, 11) is 0. The summed E-state index contributed by atoms with van der Waals surface area (Å²) < 4.78 is 6.26. The molecular weight excluding hydrogens is 272 g/mol. The summed E-state index contributed by atoms with van der Waals surface area (Å²) in [6.07, 6.45) is 10.4. The topological polar surface area (TPSA) is 24.5 Å². The first-order valence-electron chi connectivity index (χ1n) is 8.32. The van der Waals surface area contributed by atoms with Gasteiger partial charge in [0.2, 0.25) is 0 Å². The van der Waals surface area contributed by atoms with Crippen LogP contribution in [0, 0.1) is 5.41 Å². The molecule has 0 aromatic carbocycles. The van der Waals surface area contributed by atoms with Crippen LogP contribution >= 0.6 is 12.4 Å². The van der Waals surface area contributed by atoms with Crippen molar-refractivity contribution < 1.29 is 4.74 Å². The van der Waals surface area contributed by atoms with Crippen LogP contribution in [0.15, 0.2) is 0 Å². The maximum absolute atomic E-state index is 6.26. The maximum Gasteiger partial charge on any atom is 0.0603 e. The lowest BCUT2D eigenvalue weighted by Crippen LogP contribution is -2.44. The average Bonchev–Trinajstić information content (AvgIpc) is 3.04. The molecule has 2 aliphatic heterocycles. The molecule has 1 N–H and O–H groups in total. The first kappa shape index (κ1) is 16.5. The van der Waals surface area contributed by atoms with E-state index in [4.69, 9.17) is 4.74 Å². The molecular formula is C16H31ClN2O. The minimum Gasteiger partial charge on any atom is -0.375 e. The molecule has 3 fully saturated rings. The highest BCUT2D eigenvalue weighted by Gasteiger charge is 2.32. The monoisotopic (exact) mass is 302 g/mol. The fraction of sp³-hybridized carbons (Fsp3) is 1.00. The zero-order valence-corrected chi connectivity index (χ0v) is 13.7. The number of piperidine rings is 1. The Labute approximate surface area is 130 Å². The normalized spacial score (nSPS) is 33.5. The molecule has 118 valence electrons. The molecule has 1 atom stereocenters. The summed E-state index contributed by atoms with van der Waals surface area (Å²) in [5.41, 5.74) is 0.513. The average molecular weight is 303 g/mol. The summed E-state index contributed by atoms with van der Waals surface area (Å²) >= 11 is 0. The molecule has 1 aliphatic carbocycles. The Bertz CT molecular complexity index is 280. The van der Waals surface area contributed by atoms with E-state index in [0.29, 0.717) is 17.6 Å². The minimum atomic E-state index is 0. The molecule has 2 saturated heterocycles. The first-order chi connectivity index (χ1) is 9.23. The summed E-state index contributed by atoms with van der Waals surface area (Å²) in [6, 6.07) is 0. The number of nitrogens with zero attached hydrogens (tertiary/aromatic N) is 1. The standard InChI is InChI=1S/C16H30N2O.ClH/c1-16(8-9-17-12-16)13-18-10-6-15(7-11-18)19-14-4-2-3-5-14;/h14-15,17H,2-13H2,1H3;1H. The molecule has 0 radical (unpaired) electrons. The number of halogens is 1. The van der Waals surface area contributed by atoms with Crippen molar-refractivity contribution in [2.45, 2.75) is 64.1 Å². The van der Waals surface area contributed by atoms with Crippen molar-refractivity contribution in [3.63, 3.8) is 0 Å². The van der Waals surface area contributed by atoms with Crippen molar-refractivity contribution in [3.8, 4) is 0 Å². The molecule has 0 amide bonds. The van der Waals surface area contributed by atoms with Gasteiger partial charge in [0.05, 0.1) is 12.2 Å². The van der Waals surface area contributed by atoms with Gasteiger partial charge < -0.3 is 15.0 Å². The number of nitrogens with one attached hydrogen (secondary N) is 1. The van der Waals surface area contributed by atoms with Crippen LogP contribution in [0.5, 0.6) is 0 Å². The molecule has 3 aliphatic rings. The quantitative estimate of drug-likeness (QED) is 0.864. The van der Waals surface area contributed by atoms with E-state index in [2.05, 4.69) is 17.1 Å². The smallest absolute Gasteiger partial charge is 0.0603 e. The van der Waals surface area contributed by atoms with E-state index in [1.165, 1.54) is 77.7 Å². The maximum atomic E-state index is 6.26. The third-order valence-electron chi connectivity index (χ3n) is 5.28. The molecule has 3 nitrogen and oxygen atoms in total. The van der Waals surface area contributed by atoms with Crippen molar-refractivity contribution in [1.82, 2.24) is 10.2 Å². The van der Waals surface area contributed by atoms with E-state index in [1.807, 2.05) is 0 Å². The molecule has 3 rings (SSSR count). The van der Waals surface area contributed by atoms with Gasteiger partial charge in [0.25, 0.3) is 0 Å². The zero-order chi connectivity index (χ0) is 13.1. The second-order valence-electron chi connectivity index (χ2n) is 7.26. The Morgan fingerprint density at radius 3 is 2.35 bits per heavy atom. The number of hydrogen-bond donors (Lipinski definition) is 1. The van der Waals surface area contributed by atoms with Gasteiger partial charge in [-0.2, -0.15) is 0 Å². The third-order valence-corrected chi connectivity index (χ3v) is 5.28. The summed E-state index contributed by atoms with van der Waals surface area (Å²) in [4.78, 5) is 2.67. The van der Waals surface area contributed by atoms with Crippen LogP contribution in [-0.4, -0.2) is 49.8 Å². The van der Waals surface area contributed by atoms with Crippen LogP contribution in [0.3, 0.4) is 0 Å². The van der Waals surface area contributed by atoms with Crippen LogP contribution in [0.4, 0.5) is 0 Å². The number of hydrogen-bond acceptors (Lipinski definition) is 3. The molecule has 0 aromatic heterocycles. The third kappa shape index (κ3) is 4.33. The van der Waals surface area contributed by atoms with E-state index in [1.54, 1.807) is 0 Å². The molecule has 1 saturated carbocycles. The number of ether oxygens (including phenoxy) is 1. The minimum absolute atomic E-state index is 0. The molecule has 4 heteroatoms. The van der Waals surface area contributed by atoms with Gasteiger partial charge in [0, 0.05) is 26.2 Å². The SMILES string of the molecule is CC1(CN2CCC(OC3CCCC3)CC2)CCNC1.Cl. The summed E-state index contributed by atoms with van der Waals surface area (Å²) in [5, 5.41) is 3.51. The van der Waals surface area contributed by atoms with Gasteiger partial charge in [-0.05, 0) is 44.1 Å². The van der Waals surface area contributed by atoms with Crippen molar-refractivity contribution in [1.29, 1.82) is 0 Å². The van der Waals surface area contributed by atoms with E-state index in [0.717, 1.165) is 0 Å². The highest BCUT2D eigenvalue weighted by atomic mass is 35.5. The second-order valence-corrected chi connectivity index (χ2v) is 7.26. The van der Waals surface area contributed by atoms with Crippen molar-refractivity contribution in [2.75, 3.05) is 32.7 Å². The molecule has 20 heavy (non-hydrogen) atoms. The first-order valence-corrected chi connectivity index (χ1v) is 8.32. The lowest BCUT2D eigenvalue weighted by molar-refractivity contribution is -0.0426. The van der Waals surface area contributed by atoms with Crippen molar-refractivity contribution in [2.24, 2.45) is 5.41 Å². The lowest BCUT2D eigenvalue weighted by Gasteiger charge is -2.37. The lowest BCUT2D eigenvalue weighted by atomic mass is 9.88. The number of likely N-dealkylation sites (tertiary alicyclic amines) is 1. The molecule has 0 bridgehead atoms. The Morgan fingerprint density at radius 2 is 1.75 bits per heavy atom. The fourth-order valence-electron chi connectivity index (χ4n) is 4.04. The van der Waals surface area contributed by atoms with Crippen LogP contribution < -0.4 is 5.32 Å². The largest absolute Gasteiger partial charge is 0.375 e. The van der Waals surface area contributed by atoms with Crippen LogP contribution in [0.25, 0.3) is 0 Å². The van der Waals surface area contributed by atoms with E-state index >= 15 is 0 Å². The summed E-state index contributed by atoms with van der Waals surface area (Å²) in [5.74, 6) is 0. The predicted octanol–water partition coefficient (Wildman–Crippen LogP) is 2.83. The van der Waals surface area contributed by atoms with Gasteiger partial charge in [0.15, 0.2) is 0 Å². The molecule has 2 heterocycles. The van der Waals surface area contributed by atoms with Gasteiger partial charge in [0.1, 0.15) is 0 Å². The van der Waals surface area contributed by atoms with E-state index < -0.39 is 0 Å². The van der Waals surface area contributed by atoms with Gasteiger partial charge in [-0.25, -0.2) is 0 Å². The zero-order valence-electron chi connectivity index (χ0n) is 12.9. The van der Waals surface area contributed by atoms with Crippen LogP contribution in [0.2, 0.25) is 0 Å². The van der Waals surface area contributed by atoms with Crippen LogP contribution in [0.1, 0.15) is 51.9 Å². The molecule has 1 unspecified atom stereocenters. The van der Waals surface area contributed by atoms with Crippen LogP contribution in [-0.2, 0) is 4.74 Å².